The van der Waals surface area contributed by atoms with Crippen LogP contribution in [0.2, 0.25) is 0 Å². The van der Waals surface area contributed by atoms with Crippen LogP contribution in [0.3, 0.4) is 0 Å². The van der Waals surface area contributed by atoms with Crippen molar-refractivity contribution in [3.05, 3.63) is 64.5 Å². The maximum atomic E-state index is 13.2. The molecule has 2 heterocycles. The summed E-state index contributed by atoms with van der Waals surface area (Å²) in [5.41, 5.74) is -1.08. The molecular weight excluding hydrogens is 417 g/mol. The standard InChI is InChI=1S/C21H17F3N2O3S/c22-21(23,24)16-4-2-1-3-15(16)19(27)25-14-5-6-17-13(11-14)12-18(30-17)20(28)26-7-9-29-10-8-26/h1-6,11-12H,7-10H2,(H,25,27). The normalized spacial score (nSPS) is 14.7. The van der Waals surface area contributed by atoms with Crippen molar-refractivity contribution in [2.24, 2.45) is 0 Å². The van der Waals surface area contributed by atoms with Crippen molar-refractivity contribution >= 4 is 38.9 Å². The molecule has 0 aliphatic carbocycles. The van der Waals surface area contributed by atoms with Gasteiger partial charge in [-0.3, -0.25) is 9.59 Å². The number of nitrogens with one attached hydrogen (secondary N) is 1. The Morgan fingerprint density at radius 3 is 2.50 bits per heavy atom. The van der Waals surface area contributed by atoms with Crippen LogP contribution in [0.25, 0.3) is 10.1 Å². The van der Waals surface area contributed by atoms with Crippen molar-refractivity contribution in [3.8, 4) is 0 Å². The lowest BCUT2D eigenvalue weighted by molar-refractivity contribution is -0.137. The molecule has 0 saturated carbocycles. The summed E-state index contributed by atoms with van der Waals surface area (Å²) in [6, 6.07) is 11.4. The number of amides is 2. The van der Waals surface area contributed by atoms with Crippen molar-refractivity contribution < 1.29 is 27.5 Å². The molecule has 1 saturated heterocycles. The van der Waals surface area contributed by atoms with Crippen LogP contribution in [0, 0.1) is 0 Å². The number of carbonyl (C=O) groups excluding carboxylic acids is 2. The van der Waals surface area contributed by atoms with Gasteiger partial charge < -0.3 is 15.0 Å². The van der Waals surface area contributed by atoms with E-state index in [1.165, 1.54) is 23.5 Å². The van der Waals surface area contributed by atoms with E-state index in [-0.39, 0.29) is 5.91 Å². The molecule has 9 heteroatoms. The number of benzene rings is 2. The Morgan fingerprint density at radius 2 is 1.77 bits per heavy atom. The summed E-state index contributed by atoms with van der Waals surface area (Å²) in [4.78, 5) is 27.4. The summed E-state index contributed by atoms with van der Waals surface area (Å²) >= 11 is 1.34. The number of ether oxygens (including phenoxy) is 1. The third kappa shape index (κ3) is 4.17. The average molecular weight is 434 g/mol. The Kier molecular flexibility index (Phi) is 5.48. The molecule has 2 aromatic carbocycles. The van der Waals surface area contributed by atoms with Crippen LogP contribution >= 0.6 is 11.3 Å². The quantitative estimate of drug-likeness (QED) is 0.653. The summed E-state index contributed by atoms with van der Waals surface area (Å²) < 4.78 is 45.6. The highest BCUT2D eigenvalue weighted by Gasteiger charge is 2.34. The number of rotatable bonds is 3. The lowest BCUT2D eigenvalue weighted by Crippen LogP contribution is -2.40. The lowest BCUT2D eigenvalue weighted by Gasteiger charge is -2.26. The monoisotopic (exact) mass is 434 g/mol. The second-order valence-electron chi connectivity index (χ2n) is 6.77. The minimum absolute atomic E-state index is 0.0795. The molecular formula is C21H17F3N2O3S. The minimum atomic E-state index is -4.62. The zero-order valence-electron chi connectivity index (χ0n) is 15.7. The Hall–Kier alpha value is -2.91. The predicted octanol–water partition coefficient (Wildman–Crippen LogP) is 4.64. The number of morpholine rings is 1. The average Bonchev–Trinajstić information content (AvgIpc) is 3.16. The van der Waals surface area contributed by atoms with Gasteiger partial charge in [-0.05, 0) is 41.8 Å². The van der Waals surface area contributed by atoms with Crippen molar-refractivity contribution in [1.29, 1.82) is 0 Å². The van der Waals surface area contributed by atoms with Crippen LogP contribution in [0.4, 0.5) is 18.9 Å². The molecule has 3 aromatic rings. The number of carbonyl (C=O) groups is 2. The van der Waals surface area contributed by atoms with Gasteiger partial charge >= 0.3 is 6.18 Å². The van der Waals surface area contributed by atoms with Crippen LogP contribution in [0.15, 0.2) is 48.5 Å². The zero-order chi connectivity index (χ0) is 21.3. The fourth-order valence-electron chi connectivity index (χ4n) is 3.28. The van der Waals surface area contributed by atoms with Crippen molar-refractivity contribution in [1.82, 2.24) is 4.90 Å². The maximum Gasteiger partial charge on any atom is 0.417 e. The first kappa shape index (κ1) is 20.4. The molecule has 30 heavy (non-hydrogen) atoms. The molecule has 2 amide bonds. The molecule has 156 valence electrons. The minimum Gasteiger partial charge on any atom is -0.378 e. The smallest absolute Gasteiger partial charge is 0.378 e. The molecule has 5 nitrogen and oxygen atoms in total. The summed E-state index contributed by atoms with van der Waals surface area (Å²) in [5.74, 6) is -0.925. The van der Waals surface area contributed by atoms with Crippen molar-refractivity contribution in [2.75, 3.05) is 31.6 Å². The van der Waals surface area contributed by atoms with E-state index in [0.29, 0.717) is 36.9 Å². The Bertz CT molecular complexity index is 1100. The Balaban J connectivity index is 1.56. The molecule has 0 atom stereocenters. The maximum absolute atomic E-state index is 13.2. The summed E-state index contributed by atoms with van der Waals surface area (Å²) in [6.45, 7) is 2.08. The Labute approximate surface area is 174 Å². The van der Waals surface area contributed by atoms with E-state index in [1.807, 2.05) is 0 Å². The lowest BCUT2D eigenvalue weighted by atomic mass is 10.1. The predicted molar refractivity (Wildman–Crippen MR) is 108 cm³/mol. The first-order valence-electron chi connectivity index (χ1n) is 9.21. The van der Waals surface area contributed by atoms with Crippen molar-refractivity contribution in [2.45, 2.75) is 6.18 Å². The van der Waals surface area contributed by atoms with Gasteiger partial charge in [-0.2, -0.15) is 13.2 Å². The van der Waals surface area contributed by atoms with Crippen molar-refractivity contribution in [3.63, 3.8) is 0 Å². The van der Waals surface area contributed by atoms with Gasteiger partial charge in [0.05, 0.1) is 29.2 Å². The summed E-state index contributed by atoms with van der Waals surface area (Å²) in [6.07, 6.45) is -4.62. The third-order valence-electron chi connectivity index (χ3n) is 4.76. The summed E-state index contributed by atoms with van der Waals surface area (Å²) in [5, 5.41) is 3.25. The van der Waals surface area contributed by atoms with Gasteiger partial charge in [0.25, 0.3) is 11.8 Å². The molecule has 1 N–H and O–H groups in total. The number of hydrogen-bond acceptors (Lipinski definition) is 4. The number of fused-ring (bicyclic) bond motifs is 1. The highest BCUT2D eigenvalue weighted by atomic mass is 32.1. The number of anilines is 1. The van der Waals surface area contributed by atoms with Gasteiger partial charge in [0.1, 0.15) is 0 Å². The highest BCUT2D eigenvalue weighted by Crippen LogP contribution is 2.33. The van der Waals surface area contributed by atoms with E-state index in [2.05, 4.69) is 5.32 Å². The van der Waals surface area contributed by atoms with E-state index in [9.17, 15) is 22.8 Å². The zero-order valence-corrected chi connectivity index (χ0v) is 16.5. The second kappa shape index (κ2) is 8.08. The molecule has 0 bridgehead atoms. The van der Waals surface area contributed by atoms with Crippen LogP contribution in [0.5, 0.6) is 0 Å². The highest BCUT2D eigenvalue weighted by molar-refractivity contribution is 7.20. The van der Waals surface area contributed by atoms with Gasteiger partial charge in [-0.1, -0.05) is 12.1 Å². The van der Waals surface area contributed by atoms with Crippen LogP contribution in [-0.4, -0.2) is 43.0 Å². The molecule has 0 unspecified atom stereocenters. The summed E-state index contributed by atoms with van der Waals surface area (Å²) in [7, 11) is 0. The Morgan fingerprint density at radius 1 is 1.03 bits per heavy atom. The number of nitrogens with zero attached hydrogens (tertiary/aromatic N) is 1. The van der Waals surface area contributed by atoms with E-state index in [4.69, 9.17) is 4.74 Å². The van der Waals surface area contributed by atoms with E-state index in [1.54, 1.807) is 29.2 Å². The first-order chi connectivity index (χ1) is 14.3. The molecule has 4 rings (SSSR count). The number of halogens is 3. The van der Waals surface area contributed by atoms with Crippen LogP contribution in [-0.2, 0) is 10.9 Å². The van der Waals surface area contributed by atoms with Gasteiger partial charge in [0.15, 0.2) is 0 Å². The largest absolute Gasteiger partial charge is 0.417 e. The number of hydrogen-bond donors (Lipinski definition) is 1. The van der Waals surface area contributed by atoms with E-state index >= 15 is 0 Å². The van der Waals surface area contributed by atoms with Gasteiger partial charge in [-0.15, -0.1) is 11.3 Å². The number of thiophene rings is 1. The van der Waals surface area contributed by atoms with Crippen LogP contribution in [0.1, 0.15) is 25.6 Å². The fraction of sp³-hybridized carbons (Fsp3) is 0.238. The first-order valence-corrected chi connectivity index (χ1v) is 10.0. The van der Waals surface area contributed by atoms with Gasteiger partial charge in [-0.25, -0.2) is 0 Å². The molecule has 1 aliphatic rings. The third-order valence-corrected chi connectivity index (χ3v) is 5.86. The van der Waals surface area contributed by atoms with E-state index in [0.717, 1.165) is 22.2 Å². The van der Waals surface area contributed by atoms with Gasteiger partial charge in [0.2, 0.25) is 0 Å². The molecule has 1 aliphatic heterocycles. The van der Waals surface area contributed by atoms with Gasteiger partial charge in [0, 0.05) is 23.5 Å². The topological polar surface area (TPSA) is 58.6 Å². The van der Waals surface area contributed by atoms with Crippen LogP contribution < -0.4 is 5.32 Å². The molecule has 1 fully saturated rings. The number of alkyl halides is 3. The molecule has 0 spiro atoms. The molecule has 1 aromatic heterocycles. The second-order valence-corrected chi connectivity index (χ2v) is 7.85. The van der Waals surface area contributed by atoms with E-state index < -0.39 is 23.2 Å². The SMILES string of the molecule is O=C(Nc1ccc2sc(C(=O)N3CCOCC3)cc2c1)c1ccccc1C(F)(F)F. The molecule has 0 radical (unpaired) electrons. The fourth-order valence-corrected chi connectivity index (χ4v) is 4.29.